The summed E-state index contributed by atoms with van der Waals surface area (Å²) in [5, 5.41) is 14.3. The van der Waals surface area contributed by atoms with Crippen LogP contribution in [0.4, 0.5) is 0 Å². The number of carbonyl (C=O) groups excluding carboxylic acids is 1. The molecule has 1 amide bonds. The van der Waals surface area contributed by atoms with E-state index in [1.165, 1.54) is 11.3 Å². The molecule has 0 saturated heterocycles. The topological polar surface area (TPSA) is 79.3 Å². The maximum absolute atomic E-state index is 12.7. The van der Waals surface area contributed by atoms with Crippen molar-refractivity contribution in [2.24, 2.45) is 0 Å². The van der Waals surface area contributed by atoms with E-state index in [2.05, 4.69) is 10.3 Å². The van der Waals surface area contributed by atoms with E-state index in [9.17, 15) is 14.7 Å². The smallest absolute Gasteiger partial charge is 0.306 e. The minimum atomic E-state index is -1.03. The van der Waals surface area contributed by atoms with Crippen molar-refractivity contribution in [1.29, 1.82) is 0 Å². The number of hydrogen-bond donors (Lipinski definition) is 2. The SMILES string of the molecule is CC(CC(=O)O)(NC(=O)c1nc(-c2ccccc2)cs1)c1ccccc1. The van der Waals surface area contributed by atoms with E-state index in [-0.39, 0.29) is 12.3 Å². The van der Waals surface area contributed by atoms with Crippen LogP contribution in [-0.4, -0.2) is 22.0 Å². The first-order valence-corrected chi connectivity index (χ1v) is 8.97. The van der Waals surface area contributed by atoms with Crippen molar-refractivity contribution in [2.45, 2.75) is 18.9 Å². The minimum Gasteiger partial charge on any atom is -0.481 e. The van der Waals surface area contributed by atoms with Crippen LogP contribution >= 0.6 is 11.3 Å². The van der Waals surface area contributed by atoms with Crippen molar-refractivity contribution >= 4 is 23.2 Å². The maximum atomic E-state index is 12.7. The summed E-state index contributed by atoms with van der Waals surface area (Å²) in [5.74, 6) is -1.37. The van der Waals surface area contributed by atoms with E-state index in [1.807, 2.05) is 53.9 Å². The summed E-state index contributed by atoms with van der Waals surface area (Å²) in [6.45, 7) is 1.71. The second-order valence-corrected chi connectivity index (χ2v) is 6.98. The van der Waals surface area contributed by atoms with Gasteiger partial charge in [0.2, 0.25) is 0 Å². The first-order chi connectivity index (χ1) is 12.5. The summed E-state index contributed by atoms with van der Waals surface area (Å²) in [6, 6.07) is 18.7. The lowest BCUT2D eigenvalue weighted by Crippen LogP contribution is -2.45. The number of thiazole rings is 1. The molecule has 5 nitrogen and oxygen atoms in total. The van der Waals surface area contributed by atoms with Crippen LogP contribution in [0.5, 0.6) is 0 Å². The fraction of sp³-hybridized carbons (Fsp3) is 0.150. The number of nitrogens with one attached hydrogen (secondary N) is 1. The van der Waals surface area contributed by atoms with E-state index in [1.54, 1.807) is 19.1 Å². The molecule has 2 N–H and O–H groups in total. The standard InChI is InChI=1S/C20H18N2O3S/c1-20(12-17(23)24,15-10-6-3-7-11-15)22-18(25)19-21-16(13-26-19)14-8-4-2-5-9-14/h2-11,13H,12H2,1H3,(H,22,25)(H,23,24). The Balaban J connectivity index is 1.85. The Labute approximate surface area is 155 Å². The Bertz CT molecular complexity index is 909. The van der Waals surface area contributed by atoms with Crippen LogP contribution in [0.2, 0.25) is 0 Å². The molecule has 26 heavy (non-hydrogen) atoms. The predicted octanol–water partition coefficient (Wildman–Crippen LogP) is 3.93. The van der Waals surface area contributed by atoms with Gasteiger partial charge < -0.3 is 10.4 Å². The molecule has 2 aromatic carbocycles. The molecule has 1 atom stereocenters. The fourth-order valence-electron chi connectivity index (χ4n) is 2.75. The van der Waals surface area contributed by atoms with E-state index >= 15 is 0 Å². The molecule has 0 fully saturated rings. The minimum absolute atomic E-state index is 0.223. The number of aromatic nitrogens is 1. The van der Waals surface area contributed by atoms with Gasteiger partial charge in [-0.05, 0) is 12.5 Å². The van der Waals surface area contributed by atoms with Gasteiger partial charge in [0.1, 0.15) is 0 Å². The Morgan fingerprint density at radius 1 is 1.08 bits per heavy atom. The Hall–Kier alpha value is -2.99. The number of aliphatic carboxylic acids is 1. The molecule has 0 aliphatic carbocycles. The summed E-state index contributed by atoms with van der Waals surface area (Å²) >= 11 is 1.24. The highest BCUT2D eigenvalue weighted by Crippen LogP contribution is 2.27. The van der Waals surface area contributed by atoms with E-state index in [0.29, 0.717) is 5.01 Å². The van der Waals surface area contributed by atoms with Gasteiger partial charge in [0.05, 0.1) is 17.7 Å². The van der Waals surface area contributed by atoms with E-state index in [0.717, 1.165) is 16.8 Å². The summed E-state index contributed by atoms with van der Waals surface area (Å²) in [5.41, 5.74) is 1.36. The quantitative estimate of drug-likeness (QED) is 0.693. The maximum Gasteiger partial charge on any atom is 0.306 e. The van der Waals surface area contributed by atoms with Crippen molar-refractivity contribution in [2.75, 3.05) is 0 Å². The lowest BCUT2D eigenvalue weighted by atomic mass is 9.88. The molecule has 0 aliphatic heterocycles. The molecule has 3 aromatic rings. The third kappa shape index (κ3) is 3.97. The molecule has 0 aliphatic rings. The number of amides is 1. The van der Waals surface area contributed by atoms with Crippen molar-refractivity contribution in [1.82, 2.24) is 10.3 Å². The summed E-state index contributed by atoms with van der Waals surface area (Å²) in [6.07, 6.45) is -0.223. The first-order valence-electron chi connectivity index (χ1n) is 8.09. The van der Waals surface area contributed by atoms with Gasteiger partial charge in [0, 0.05) is 10.9 Å². The molecule has 3 rings (SSSR count). The zero-order valence-electron chi connectivity index (χ0n) is 14.2. The molecule has 0 radical (unpaired) electrons. The number of nitrogens with zero attached hydrogens (tertiary/aromatic N) is 1. The van der Waals surface area contributed by atoms with Crippen molar-refractivity contribution in [3.8, 4) is 11.3 Å². The molecule has 132 valence electrons. The monoisotopic (exact) mass is 366 g/mol. The summed E-state index contributed by atoms with van der Waals surface area (Å²) in [4.78, 5) is 28.4. The van der Waals surface area contributed by atoms with Crippen LogP contribution in [0.15, 0.2) is 66.0 Å². The molecule has 1 aromatic heterocycles. The van der Waals surface area contributed by atoms with Crippen LogP contribution in [0, 0.1) is 0 Å². The lowest BCUT2D eigenvalue weighted by molar-refractivity contribution is -0.138. The van der Waals surface area contributed by atoms with Crippen LogP contribution in [0.25, 0.3) is 11.3 Å². The Morgan fingerprint density at radius 3 is 2.31 bits per heavy atom. The molecule has 1 heterocycles. The molecular weight excluding hydrogens is 348 g/mol. The molecule has 0 bridgehead atoms. The van der Waals surface area contributed by atoms with Gasteiger partial charge in [-0.2, -0.15) is 0 Å². The highest BCUT2D eigenvalue weighted by atomic mass is 32.1. The zero-order chi connectivity index (χ0) is 18.6. The predicted molar refractivity (Wildman–Crippen MR) is 101 cm³/mol. The zero-order valence-corrected chi connectivity index (χ0v) is 15.0. The van der Waals surface area contributed by atoms with Crippen LogP contribution in [-0.2, 0) is 10.3 Å². The third-order valence-corrected chi connectivity index (χ3v) is 4.91. The van der Waals surface area contributed by atoms with Gasteiger partial charge in [-0.3, -0.25) is 9.59 Å². The normalized spacial score (nSPS) is 13.0. The fourth-order valence-corrected chi connectivity index (χ4v) is 3.47. The van der Waals surface area contributed by atoms with Gasteiger partial charge in [-0.15, -0.1) is 11.3 Å². The van der Waals surface area contributed by atoms with Crippen molar-refractivity contribution < 1.29 is 14.7 Å². The highest BCUT2D eigenvalue weighted by Gasteiger charge is 2.32. The molecule has 0 saturated carbocycles. The average molecular weight is 366 g/mol. The number of carboxylic acids is 1. The summed E-state index contributed by atoms with van der Waals surface area (Å²) in [7, 11) is 0. The molecular formula is C20H18N2O3S. The summed E-state index contributed by atoms with van der Waals surface area (Å²) < 4.78 is 0. The van der Waals surface area contributed by atoms with Gasteiger partial charge >= 0.3 is 5.97 Å². The lowest BCUT2D eigenvalue weighted by Gasteiger charge is -2.29. The van der Waals surface area contributed by atoms with Crippen molar-refractivity contribution in [3.05, 3.63) is 76.6 Å². The van der Waals surface area contributed by atoms with Crippen LogP contribution < -0.4 is 5.32 Å². The van der Waals surface area contributed by atoms with E-state index in [4.69, 9.17) is 0 Å². The second kappa shape index (κ2) is 7.49. The van der Waals surface area contributed by atoms with Crippen LogP contribution in [0.3, 0.4) is 0 Å². The first kappa shape index (κ1) is 17.8. The number of carbonyl (C=O) groups is 2. The van der Waals surface area contributed by atoms with Crippen molar-refractivity contribution in [3.63, 3.8) is 0 Å². The number of hydrogen-bond acceptors (Lipinski definition) is 4. The van der Waals surface area contributed by atoms with Gasteiger partial charge in [-0.1, -0.05) is 60.7 Å². The second-order valence-electron chi connectivity index (χ2n) is 6.13. The number of carboxylic acid groups (broad SMARTS) is 1. The number of benzene rings is 2. The van der Waals surface area contributed by atoms with Gasteiger partial charge in [-0.25, -0.2) is 4.98 Å². The molecule has 0 spiro atoms. The average Bonchev–Trinajstić information content (AvgIpc) is 3.13. The number of rotatable bonds is 6. The third-order valence-electron chi connectivity index (χ3n) is 4.07. The molecule has 1 unspecified atom stereocenters. The Kier molecular flexibility index (Phi) is 5.14. The Morgan fingerprint density at radius 2 is 1.69 bits per heavy atom. The highest BCUT2D eigenvalue weighted by molar-refractivity contribution is 7.12. The van der Waals surface area contributed by atoms with Crippen LogP contribution in [0.1, 0.15) is 28.7 Å². The van der Waals surface area contributed by atoms with Gasteiger partial charge in [0.25, 0.3) is 5.91 Å². The largest absolute Gasteiger partial charge is 0.481 e. The molecule has 6 heteroatoms. The van der Waals surface area contributed by atoms with E-state index < -0.39 is 11.5 Å². The van der Waals surface area contributed by atoms with Gasteiger partial charge in [0.15, 0.2) is 5.01 Å².